The summed E-state index contributed by atoms with van der Waals surface area (Å²) in [5.74, 6) is -0.630. The zero-order valence-corrected chi connectivity index (χ0v) is 11.9. The van der Waals surface area contributed by atoms with E-state index < -0.39 is 17.5 Å². The first-order valence-corrected chi connectivity index (χ1v) is 6.24. The van der Waals surface area contributed by atoms with Crippen molar-refractivity contribution in [3.8, 4) is 6.01 Å². The van der Waals surface area contributed by atoms with Gasteiger partial charge in [-0.15, -0.1) is 5.10 Å². The minimum atomic E-state index is -0.939. The molecule has 1 aliphatic heterocycles. The van der Waals surface area contributed by atoms with Gasteiger partial charge < -0.3 is 10.1 Å². The van der Waals surface area contributed by atoms with Gasteiger partial charge in [0.15, 0.2) is 0 Å². The van der Waals surface area contributed by atoms with Crippen LogP contribution in [-0.2, 0) is 9.59 Å². The number of methoxy groups -OCH3 is 1. The maximum absolute atomic E-state index is 11.9. The largest absolute Gasteiger partial charge is 0.466 e. The number of rotatable bonds is 5. The van der Waals surface area contributed by atoms with Crippen molar-refractivity contribution in [1.82, 2.24) is 25.4 Å². The lowest BCUT2D eigenvalue weighted by atomic mass is 10.1. The van der Waals surface area contributed by atoms with Gasteiger partial charge in [0.2, 0.25) is 11.9 Å². The number of aromatic nitrogens is 3. The molecule has 1 fully saturated rings. The van der Waals surface area contributed by atoms with Crippen LogP contribution in [0.25, 0.3) is 0 Å². The summed E-state index contributed by atoms with van der Waals surface area (Å²) in [6.07, 6.45) is -0.0434. The van der Waals surface area contributed by atoms with Crippen molar-refractivity contribution in [2.75, 3.05) is 19.0 Å². The molecule has 1 aromatic rings. The maximum Gasteiger partial charge on any atom is 0.336 e. The Kier molecular flexibility index (Phi) is 3.78. The quantitative estimate of drug-likeness (QED) is 0.626. The summed E-state index contributed by atoms with van der Waals surface area (Å²) in [7, 11) is 1.40. The molecule has 114 valence electrons. The zero-order valence-electron chi connectivity index (χ0n) is 11.9. The summed E-state index contributed by atoms with van der Waals surface area (Å²) in [6, 6.07) is -0.403. The molecule has 0 saturated carbocycles. The lowest BCUT2D eigenvalue weighted by Gasteiger charge is -2.15. The van der Waals surface area contributed by atoms with Crippen molar-refractivity contribution in [3.63, 3.8) is 0 Å². The van der Waals surface area contributed by atoms with Gasteiger partial charge in [-0.25, -0.2) is 9.89 Å². The minimum absolute atomic E-state index is 0.00873. The molecular formula is C11H16N6O4. The molecule has 0 spiro atoms. The Morgan fingerprint density at radius 1 is 1.43 bits per heavy atom. The van der Waals surface area contributed by atoms with Gasteiger partial charge in [0.05, 0.1) is 7.11 Å². The fourth-order valence-electron chi connectivity index (χ4n) is 1.82. The molecule has 3 N–H and O–H groups in total. The number of carbonyl (C=O) groups excluding carboxylic acids is 3. The van der Waals surface area contributed by atoms with E-state index in [9.17, 15) is 14.4 Å². The fourth-order valence-corrected chi connectivity index (χ4v) is 1.82. The topological polar surface area (TPSA) is 129 Å². The third-order valence-corrected chi connectivity index (χ3v) is 2.91. The van der Waals surface area contributed by atoms with Crippen LogP contribution in [-0.4, -0.2) is 57.1 Å². The standard InChI is InChI=1S/C11H16N6O4/c1-11(2)7(19)17(10(20)14-11)5-4-6(18)12-8-13-9(21-3)16-15-8/h4-5H2,1-3H3,(H,14,20)(H2,12,13,15,16,18). The molecule has 1 saturated heterocycles. The predicted molar refractivity (Wildman–Crippen MR) is 70.5 cm³/mol. The summed E-state index contributed by atoms with van der Waals surface area (Å²) in [5.41, 5.74) is -0.939. The highest BCUT2D eigenvalue weighted by Gasteiger charge is 2.43. The highest BCUT2D eigenvalue weighted by Crippen LogP contribution is 2.16. The van der Waals surface area contributed by atoms with E-state index in [2.05, 4.69) is 25.8 Å². The molecule has 1 aliphatic rings. The average molecular weight is 296 g/mol. The zero-order chi connectivity index (χ0) is 15.6. The van der Waals surface area contributed by atoms with Crippen LogP contribution in [0, 0.1) is 0 Å². The minimum Gasteiger partial charge on any atom is -0.466 e. The second-order valence-corrected chi connectivity index (χ2v) is 4.98. The molecule has 0 aliphatic carbocycles. The molecular weight excluding hydrogens is 280 g/mol. The smallest absolute Gasteiger partial charge is 0.336 e. The highest BCUT2D eigenvalue weighted by atomic mass is 16.5. The Bertz CT molecular complexity index is 581. The first kappa shape index (κ1) is 14.8. The van der Waals surface area contributed by atoms with E-state index in [0.29, 0.717) is 0 Å². The number of aromatic amines is 1. The van der Waals surface area contributed by atoms with Crippen molar-refractivity contribution >= 4 is 23.8 Å². The van der Waals surface area contributed by atoms with E-state index >= 15 is 0 Å². The summed E-state index contributed by atoms with van der Waals surface area (Å²) >= 11 is 0. The van der Waals surface area contributed by atoms with E-state index in [4.69, 9.17) is 4.74 Å². The summed E-state index contributed by atoms with van der Waals surface area (Å²) in [4.78, 5) is 40.1. The van der Waals surface area contributed by atoms with Crippen molar-refractivity contribution in [2.45, 2.75) is 25.8 Å². The number of hydrogen-bond acceptors (Lipinski definition) is 6. The Morgan fingerprint density at radius 2 is 2.14 bits per heavy atom. The van der Waals surface area contributed by atoms with Gasteiger partial charge in [-0.3, -0.25) is 19.8 Å². The molecule has 10 heteroatoms. The van der Waals surface area contributed by atoms with Crippen LogP contribution < -0.4 is 15.4 Å². The third kappa shape index (κ3) is 3.09. The summed E-state index contributed by atoms with van der Waals surface area (Å²) in [5, 5.41) is 11.1. The SMILES string of the molecule is COc1n[nH]c(NC(=O)CCN2C(=O)NC(C)(C)C2=O)n1. The molecule has 21 heavy (non-hydrogen) atoms. The van der Waals surface area contributed by atoms with Crippen LogP contribution in [0.3, 0.4) is 0 Å². The van der Waals surface area contributed by atoms with Crippen LogP contribution in [0.5, 0.6) is 6.01 Å². The van der Waals surface area contributed by atoms with Gasteiger partial charge in [0.25, 0.3) is 5.91 Å². The van der Waals surface area contributed by atoms with Gasteiger partial charge in [-0.1, -0.05) is 0 Å². The number of anilines is 1. The van der Waals surface area contributed by atoms with Gasteiger partial charge in [0, 0.05) is 13.0 Å². The monoisotopic (exact) mass is 296 g/mol. The number of H-pyrrole nitrogens is 1. The van der Waals surface area contributed by atoms with Crippen LogP contribution >= 0.6 is 0 Å². The number of imide groups is 1. The molecule has 2 rings (SSSR count). The van der Waals surface area contributed by atoms with E-state index in [1.165, 1.54) is 7.11 Å². The molecule has 0 atom stereocenters. The molecule has 0 bridgehead atoms. The van der Waals surface area contributed by atoms with Gasteiger partial charge in [-0.2, -0.15) is 4.98 Å². The number of urea groups is 1. The van der Waals surface area contributed by atoms with E-state index in [1.54, 1.807) is 13.8 Å². The number of nitrogens with one attached hydrogen (secondary N) is 3. The Hall–Kier alpha value is -2.65. The van der Waals surface area contributed by atoms with E-state index in [1.807, 2.05) is 0 Å². The number of hydrogen-bond donors (Lipinski definition) is 3. The number of ether oxygens (including phenoxy) is 1. The van der Waals surface area contributed by atoms with Crippen LogP contribution in [0.4, 0.5) is 10.7 Å². The molecule has 0 radical (unpaired) electrons. The Morgan fingerprint density at radius 3 is 2.67 bits per heavy atom. The van der Waals surface area contributed by atoms with Gasteiger partial charge >= 0.3 is 12.0 Å². The molecule has 0 unspecified atom stereocenters. The molecule has 0 aromatic carbocycles. The summed E-state index contributed by atoms with van der Waals surface area (Å²) in [6.45, 7) is 3.20. The Labute approximate surface area is 120 Å². The molecule has 2 heterocycles. The second-order valence-electron chi connectivity index (χ2n) is 4.98. The molecule has 4 amide bonds. The van der Waals surface area contributed by atoms with Crippen molar-refractivity contribution in [3.05, 3.63) is 0 Å². The van der Waals surface area contributed by atoms with Crippen LogP contribution in [0.15, 0.2) is 0 Å². The summed E-state index contributed by atoms with van der Waals surface area (Å²) < 4.78 is 4.76. The van der Waals surface area contributed by atoms with Crippen molar-refractivity contribution in [1.29, 1.82) is 0 Å². The van der Waals surface area contributed by atoms with Gasteiger partial charge in [0.1, 0.15) is 5.54 Å². The first-order valence-electron chi connectivity index (χ1n) is 6.24. The number of carbonyl (C=O) groups is 3. The lowest BCUT2D eigenvalue weighted by Crippen LogP contribution is -2.40. The molecule has 1 aromatic heterocycles. The lowest BCUT2D eigenvalue weighted by molar-refractivity contribution is -0.130. The van der Waals surface area contributed by atoms with E-state index in [-0.39, 0.29) is 30.8 Å². The predicted octanol–water partition coefficient (Wildman–Crippen LogP) is -0.528. The van der Waals surface area contributed by atoms with Crippen LogP contribution in [0.2, 0.25) is 0 Å². The maximum atomic E-state index is 11.9. The van der Waals surface area contributed by atoms with Crippen molar-refractivity contribution < 1.29 is 19.1 Å². The van der Waals surface area contributed by atoms with E-state index in [0.717, 1.165) is 4.90 Å². The highest BCUT2D eigenvalue weighted by molar-refractivity contribution is 6.06. The second kappa shape index (κ2) is 5.38. The van der Waals surface area contributed by atoms with Crippen molar-refractivity contribution in [2.24, 2.45) is 0 Å². The number of amides is 4. The number of nitrogens with zero attached hydrogens (tertiary/aromatic N) is 3. The Balaban J connectivity index is 1.87. The van der Waals surface area contributed by atoms with Crippen LogP contribution in [0.1, 0.15) is 20.3 Å². The first-order chi connectivity index (χ1) is 9.83. The molecule has 10 nitrogen and oxygen atoms in total. The normalized spacial score (nSPS) is 16.8. The third-order valence-electron chi connectivity index (χ3n) is 2.91. The fraction of sp³-hybridized carbons (Fsp3) is 0.545. The average Bonchev–Trinajstić information content (AvgIpc) is 2.92. The van der Waals surface area contributed by atoms with Gasteiger partial charge in [-0.05, 0) is 13.8 Å².